The molecule has 50 heavy (non-hydrogen) atoms. The summed E-state index contributed by atoms with van der Waals surface area (Å²) in [5.74, 6) is 0.569. The molecule has 0 bridgehead atoms. The second kappa shape index (κ2) is 16.6. The Labute approximate surface area is 297 Å². The van der Waals surface area contributed by atoms with Crippen LogP contribution < -0.4 is 33.8 Å². The summed E-state index contributed by atoms with van der Waals surface area (Å²) in [6.45, 7) is 7.96. The van der Waals surface area contributed by atoms with E-state index in [0.717, 1.165) is 5.56 Å². The summed E-state index contributed by atoms with van der Waals surface area (Å²) in [5.41, 5.74) is 2.51. The average Bonchev–Trinajstić information content (AvgIpc) is 3.41. The lowest BCUT2D eigenvalue weighted by Gasteiger charge is -2.25. The minimum absolute atomic E-state index is 0.138. The first-order valence-corrected chi connectivity index (χ1v) is 17.2. The van der Waals surface area contributed by atoms with Crippen LogP contribution in [0.4, 0.5) is 0 Å². The van der Waals surface area contributed by atoms with Crippen LogP contribution in [-0.4, -0.2) is 50.0 Å². The quantitative estimate of drug-likeness (QED) is 0.158. The number of esters is 2. The summed E-state index contributed by atoms with van der Waals surface area (Å²) in [4.78, 5) is 44.4. The second-order valence-electron chi connectivity index (χ2n) is 10.9. The molecule has 0 unspecified atom stereocenters. The van der Waals surface area contributed by atoms with Gasteiger partial charge in [0.1, 0.15) is 6.61 Å². The van der Waals surface area contributed by atoms with Crippen molar-refractivity contribution in [2.24, 2.45) is 4.99 Å². The van der Waals surface area contributed by atoms with Gasteiger partial charge >= 0.3 is 11.9 Å². The number of methoxy groups -OCH3 is 1. The number of ether oxygens (including phenoxy) is 6. The van der Waals surface area contributed by atoms with Crippen LogP contribution in [0.25, 0.3) is 6.08 Å². The highest BCUT2D eigenvalue weighted by Gasteiger charge is 2.34. The normalized spacial score (nSPS) is 14.0. The molecule has 4 aromatic rings. The summed E-state index contributed by atoms with van der Waals surface area (Å²) >= 11 is 7.21. The molecule has 0 saturated heterocycles. The predicted octanol–water partition coefficient (Wildman–Crippen LogP) is 5.38. The zero-order chi connectivity index (χ0) is 35.8. The lowest BCUT2D eigenvalue weighted by Crippen LogP contribution is -2.40. The van der Waals surface area contributed by atoms with Crippen LogP contribution in [0.3, 0.4) is 0 Å². The monoisotopic (exact) mass is 720 g/mol. The number of hydrogen-bond acceptors (Lipinski definition) is 11. The van der Waals surface area contributed by atoms with Gasteiger partial charge in [-0.15, -0.1) is 0 Å². The van der Waals surface area contributed by atoms with Crippen LogP contribution in [0, 0.1) is 0 Å². The molecule has 3 aromatic carbocycles. The highest BCUT2D eigenvalue weighted by molar-refractivity contribution is 7.07. The molecule has 0 aliphatic carbocycles. The van der Waals surface area contributed by atoms with Gasteiger partial charge in [-0.05, 0) is 86.9 Å². The molecule has 5 rings (SSSR count). The minimum atomic E-state index is -0.885. The van der Waals surface area contributed by atoms with Gasteiger partial charge in [0.2, 0.25) is 0 Å². The lowest BCUT2D eigenvalue weighted by molar-refractivity contribution is -0.143. The van der Waals surface area contributed by atoms with E-state index in [1.807, 2.05) is 38.1 Å². The maximum atomic E-state index is 14.2. The predicted molar refractivity (Wildman–Crippen MR) is 189 cm³/mol. The smallest absolute Gasteiger partial charge is 0.343 e. The molecule has 0 N–H and O–H groups in total. The van der Waals surface area contributed by atoms with Crippen LogP contribution in [0.2, 0.25) is 5.02 Å². The molecule has 1 aliphatic heterocycles. The Morgan fingerprint density at radius 2 is 1.56 bits per heavy atom. The fourth-order valence-corrected chi connectivity index (χ4v) is 6.45. The number of halogens is 1. The molecule has 0 radical (unpaired) electrons. The maximum absolute atomic E-state index is 14.2. The van der Waals surface area contributed by atoms with E-state index in [0.29, 0.717) is 74.0 Å². The molecule has 13 heteroatoms. The third-order valence-electron chi connectivity index (χ3n) is 7.55. The van der Waals surface area contributed by atoms with Gasteiger partial charge in [-0.3, -0.25) is 9.36 Å². The molecular weight excluding hydrogens is 684 g/mol. The topological polar surface area (TPSA) is 124 Å². The molecule has 0 spiro atoms. The van der Waals surface area contributed by atoms with Gasteiger partial charge < -0.3 is 28.4 Å². The number of carbonyl (C=O) groups is 2. The van der Waals surface area contributed by atoms with Gasteiger partial charge in [0.05, 0.1) is 48.8 Å². The van der Waals surface area contributed by atoms with Crippen molar-refractivity contribution in [3.05, 3.63) is 113 Å². The number of fused-ring (bicyclic) bond motifs is 1. The van der Waals surface area contributed by atoms with E-state index < -0.39 is 18.0 Å². The largest absolute Gasteiger partial charge is 0.490 e. The third-order valence-corrected chi connectivity index (χ3v) is 8.78. The van der Waals surface area contributed by atoms with Crippen molar-refractivity contribution < 1.29 is 38.0 Å². The summed E-state index contributed by atoms with van der Waals surface area (Å²) in [6.07, 6.45) is 1.76. The number of hydrogen-bond donors (Lipinski definition) is 0. The van der Waals surface area contributed by atoms with Gasteiger partial charge in [0.25, 0.3) is 5.56 Å². The molecule has 262 valence electrons. The number of benzene rings is 3. The van der Waals surface area contributed by atoms with Gasteiger partial charge in [-0.2, -0.15) is 0 Å². The minimum Gasteiger partial charge on any atom is -0.490 e. The number of rotatable bonds is 14. The van der Waals surface area contributed by atoms with Crippen LogP contribution in [0.1, 0.15) is 50.4 Å². The lowest BCUT2D eigenvalue weighted by atomic mass is 9.95. The van der Waals surface area contributed by atoms with Crippen LogP contribution in [0.15, 0.2) is 81.7 Å². The van der Waals surface area contributed by atoms with E-state index >= 15 is 0 Å². The summed E-state index contributed by atoms with van der Waals surface area (Å²) in [7, 11) is 1.27. The Morgan fingerprint density at radius 1 is 0.880 bits per heavy atom. The van der Waals surface area contributed by atoms with Crippen molar-refractivity contribution >= 4 is 41.0 Å². The molecule has 0 fully saturated rings. The number of nitrogens with zero attached hydrogens (tertiary/aromatic N) is 2. The molecule has 0 amide bonds. The van der Waals surface area contributed by atoms with Crippen molar-refractivity contribution in [1.82, 2.24) is 4.57 Å². The molecule has 1 aromatic heterocycles. The Morgan fingerprint density at radius 3 is 2.24 bits per heavy atom. The van der Waals surface area contributed by atoms with Crippen molar-refractivity contribution in [1.29, 1.82) is 0 Å². The molecule has 0 saturated carbocycles. The Balaban J connectivity index is 1.56. The zero-order valence-electron chi connectivity index (χ0n) is 28.3. The maximum Gasteiger partial charge on any atom is 0.343 e. The molecule has 1 atom stereocenters. The number of thiazole rings is 1. The second-order valence-corrected chi connectivity index (χ2v) is 12.3. The molecule has 11 nitrogen and oxygen atoms in total. The van der Waals surface area contributed by atoms with Gasteiger partial charge in [0.15, 0.2) is 34.4 Å². The van der Waals surface area contributed by atoms with E-state index in [4.69, 9.17) is 35.3 Å². The highest BCUT2D eigenvalue weighted by atomic mass is 35.5. The first-order valence-electron chi connectivity index (χ1n) is 16.0. The number of allylic oxidation sites excluding steroid dienone is 1. The number of carbonyl (C=O) groups excluding carboxylic acids is 2. The van der Waals surface area contributed by atoms with Crippen LogP contribution >= 0.6 is 22.9 Å². The van der Waals surface area contributed by atoms with Gasteiger partial charge in [-0.1, -0.05) is 47.2 Å². The van der Waals surface area contributed by atoms with E-state index in [1.165, 1.54) is 23.0 Å². The zero-order valence-corrected chi connectivity index (χ0v) is 29.9. The van der Waals surface area contributed by atoms with E-state index in [2.05, 4.69) is 9.73 Å². The third kappa shape index (κ3) is 8.20. The summed E-state index contributed by atoms with van der Waals surface area (Å²) in [5, 5.41) is 0.646. The van der Waals surface area contributed by atoms with Crippen LogP contribution in [-0.2, 0) is 25.7 Å². The Bertz CT molecular complexity index is 2090. The summed E-state index contributed by atoms with van der Waals surface area (Å²) < 4.78 is 35.4. The molecule has 1 aliphatic rings. The first kappa shape index (κ1) is 36.2. The average molecular weight is 721 g/mol. The number of aromatic nitrogens is 1. The van der Waals surface area contributed by atoms with Crippen molar-refractivity contribution in [2.45, 2.75) is 40.3 Å². The van der Waals surface area contributed by atoms with Crippen molar-refractivity contribution in [2.75, 3.05) is 33.5 Å². The van der Waals surface area contributed by atoms with Crippen molar-refractivity contribution in [3.63, 3.8) is 0 Å². The Hall–Kier alpha value is -5.07. The fraction of sp³-hybridized carbons (Fsp3) is 0.297. The summed E-state index contributed by atoms with van der Waals surface area (Å²) in [6, 6.07) is 17.0. The fourth-order valence-electron chi connectivity index (χ4n) is 5.28. The van der Waals surface area contributed by atoms with Crippen molar-refractivity contribution in [3.8, 4) is 23.0 Å². The van der Waals surface area contributed by atoms with E-state index in [9.17, 15) is 14.4 Å². The van der Waals surface area contributed by atoms with Gasteiger partial charge in [0, 0.05) is 5.02 Å². The highest BCUT2D eigenvalue weighted by Crippen LogP contribution is 2.36. The SMILES string of the molecule is CCOC(=O)C1=C(C)N=c2s/c(=C\c3ccc(OCc4ccc(Cl)cc4)c(OCC)c3)c(=O)n2[C@@H]1c1ccc(OCC(=O)OC)c(OCC)c1. The van der Waals surface area contributed by atoms with Gasteiger partial charge in [-0.25, -0.2) is 14.6 Å². The van der Waals surface area contributed by atoms with Crippen LogP contribution in [0.5, 0.6) is 23.0 Å². The van der Waals surface area contributed by atoms with E-state index in [-0.39, 0.29) is 24.3 Å². The Kier molecular flexibility index (Phi) is 12.0. The molecule has 2 heterocycles. The molecular formula is C37H37ClN2O9S. The standard InChI is InChI=1S/C37H37ClN2O9S/c1-6-45-29-17-24(11-15-27(29)48-20-23-9-13-26(38)14-10-23)18-31-35(42)40-34(33(36(43)47-8-3)22(4)39-37(40)50-31)25-12-16-28(30(19-25)46-7-2)49-21-32(41)44-5/h9-19,34H,6-8,20-21H2,1-5H3/b31-18-/t34-/m1/s1. The van der Waals surface area contributed by atoms with E-state index in [1.54, 1.807) is 56.3 Å². The first-order chi connectivity index (χ1) is 24.2.